The Morgan fingerprint density at radius 3 is 2.78 bits per heavy atom. The first-order valence-corrected chi connectivity index (χ1v) is 14.0. The molecule has 2 atom stereocenters. The Bertz CT molecular complexity index is 1160. The van der Waals surface area contributed by atoms with Crippen LogP contribution in [0.1, 0.15) is 40.5 Å². The lowest BCUT2D eigenvalue weighted by molar-refractivity contribution is -0.136. The zero-order valence-corrected chi connectivity index (χ0v) is 22.2. The van der Waals surface area contributed by atoms with Gasteiger partial charge in [-0.15, -0.1) is 11.3 Å². The normalized spacial score (nSPS) is 18.0. The molecule has 6 nitrogen and oxygen atoms in total. The van der Waals surface area contributed by atoms with E-state index >= 15 is 0 Å². The number of hydrogen-bond acceptors (Lipinski definition) is 6. The standard InChI is InChI=1S/C30H36N2O4S/c1-22-6-5-9-26(16-22)36-21-28-27-13-15-37-29(27)12-14-32(28)30(34)18-31(24-10-11-24)17-25(33)20-35-19-23-7-3-2-4-8-23/h2-9,13,15-16,24-25,28,33H,10-12,14,17-21H2,1H3. The Hall–Kier alpha value is -2.71. The van der Waals surface area contributed by atoms with Crippen LogP contribution in [0.4, 0.5) is 0 Å². The van der Waals surface area contributed by atoms with Crippen LogP contribution in [0.5, 0.6) is 5.75 Å². The quantitative estimate of drug-likeness (QED) is 0.378. The van der Waals surface area contributed by atoms with E-state index in [4.69, 9.17) is 9.47 Å². The molecule has 1 aliphatic carbocycles. The number of rotatable bonds is 12. The largest absolute Gasteiger partial charge is 0.491 e. The molecule has 1 fully saturated rings. The summed E-state index contributed by atoms with van der Waals surface area (Å²) in [5, 5.41) is 12.8. The molecule has 5 rings (SSSR count). The molecular weight excluding hydrogens is 484 g/mol. The third-order valence-corrected chi connectivity index (χ3v) is 8.08. The minimum Gasteiger partial charge on any atom is -0.491 e. The predicted octanol–water partition coefficient (Wildman–Crippen LogP) is 4.60. The highest BCUT2D eigenvalue weighted by Crippen LogP contribution is 2.35. The zero-order valence-electron chi connectivity index (χ0n) is 21.4. The summed E-state index contributed by atoms with van der Waals surface area (Å²) in [6, 6.07) is 20.4. The first-order chi connectivity index (χ1) is 18.1. The van der Waals surface area contributed by atoms with Crippen LogP contribution >= 0.6 is 11.3 Å². The molecule has 0 bridgehead atoms. The van der Waals surface area contributed by atoms with E-state index in [0.29, 0.717) is 38.9 Å². The number of aliphatic hydroxyl groups is 1. The molecular formula is C30H36N2O4S. The molecule has 1 aromatic heterocycles. The summed E-state index contributed by atoms with van der Waals surface area (Å²) < 4.78 is 11.9. The van der Waals surface area contributed by atoms with Gasteiger partial charge in [0, 0.05) is 24.0 Å². The molecule has 1 N–H and O–H groups in total. The van der Waals surface area contributed by atoms with Gasteiger partial charge in [0.05, 0.1) is 31.9 Å². The van der Waals surface area contributed by atoms with Crippen LogP contribution in [0.2, 0.25) is 0 Å². The average Bonchev–Trinajstić information content (AvgIpc) is 3.64. The van der Waals surface area contributed by atoms with Crippen LogP contribution < -0.4 is 4.74 Å². The second-order valence-corrected chi connectivity index (χ2v) is 11.1. The Morgan fingerprint density at radius 1 is 1.16 bits per heavy atom. The number of aliphatic hydroxyl groups excluding tert-OH is 1. The summed E-state index contributed by atoms with van der Waals surface area (Å²) in [4.78, 5) is 19.1. The van der Waals surface area contributed by atoms with E-state index in [2.05, 4.69) is 16.3 Å². The van der Waals surface area contributed by atoms with Crippen LogP contribution in [-0.4, -0.2) is 65.8 Å². The lowest BCUT2D eigenvalue weighted by Gasteiger charge is -2.37. The number of nitrogens with zero attached hydrogens (tertiary/aromatic N) is 2. The van der Waals surface area contributed by atoms with Crippen LogP contribution in [0.15, 0.2) is 66.0 Å². The van der Waals surface area contributed by atoms with Crippen LogP contribution in [0.3, 0.4) is 0 Å². The van der Waals surface area contributed by atoms with Crippen molar-refractivity contribution < 1.29 is 19.4 Å². The predicted molar refractivity (Wildman–Crippen MR) is 146 cm³/mol. The number of carbonyl (C=O) groups is 1. The fourth-order valence-electron chi connectivity index (χ4n) is 5.01. The first kappa shape index (κ1) is 25.9. The SMILES string of the molecule is Cc1cccc(OCC2c3ccsc3CCN2C(=O)CN(CC(O)COCc2ccccc2)C2CC2)c1. The van der Waals surface area contributed by atoms with Crippen LogP contribution in [0.25, 0.3) is 0 Å². The van der Waals surface area contributed by atoms with Crippen molar-refractivity contribution in [3.05, 3.63) is 87.6 Å². The summed E-state index contributed by atoms with van der Waals surface area (Å²) in [7, 11) is 0. The minimum atomic E-state index is -0.637. The van der Waals surface area contributed by atoms with E-state index < -0.39 is 6.10 Å². The van der Waals surface area contributed by atoms with Crippen molar-refractivity contribution in [1.29, 1.82) is 0 Å². The van der Waals surface area contributed by atoms with Crippen molar-refractivity contribution in [2.75, 3.05) is 32.8 Å². The number of ether oxygens (including phenoxy) is 2. The highest BCUT2D eigenvalue weighted by Gasteiger charge is 2.36. The Kier molecular flexibility index (Phi) is 8.56. The maximum absolute atomic E-state index is 13.6. The van der Waals surface area contributed by atoms with Gasteiger partial charge in [0.15, 0.2) is 0 Å². The Balaban J connectivity index is 1.19. The molecule has 2 unspecified atom stereocenters. The van der Waals surface area contributed by atoms with Gasteiger partial charge in [-0.05, 0) is 66.5 Å². The molecule has 2 aromatic carbocycles. The van der Waals surface area contributed by atoms with Crippen molar-refractivity contribution >= 4 is 17.2 Å². The van der Waals surface area contributed by atoms with Gasteiger partial charge in [-0.3, -0.25) is 9.69 Å². The minimum absolute atomic E-state index is 0.0963. The summed E-state index contributed by atoms with van der Waals surface area (Å²) in [6.07, 6.45) is 2.38. The molecule has 2 heterocycles. The molecule has 1 saturated carbocycles. The summed E-state index contributed by atoms with van der Waals surface area (Å²) >= 11 is 1.76. The fraction of sp³-hybridized carbons (Fsp3) is 0.433. The molecule has 7 heteroatoms. The van der Waals surface area contributed by atoms with Crippen molar-refractivity contribution in [2.45, 2.75) is 51.0 Å². The van der Waals surface area contributed by atoms with Crippen LogP contribution in [0, 0.1) is 6.92 Å². The van der Waals surface area contributed by atoms with Gasteiger partial charge in [0.1, 0.15) is 12.4 Å². The number of carbonyl (C=O) groups excluding carboxylic acids is 1. The summed E-state index contributed by atoms with van der Waals surface area (Å²) in [5.74, 6) is 0.923. The van der Waals surface area contributed by atoms with Gasteiger partial charge in [0.2, 0.25) is 5.91 Å². The lowest BCUT2D eigenvalue weighted by Crippen LogP contribution is -2.48. The van der Waals surface area contributed by atoms with E-state index in [1.54, 1.807) is 11.3 Å². The summed E-state index contributed by atoms with van der Waals surface area (Å²) in [5.41, 5.74) is 3.43. The first-order valence-electron chi connectivity index (χ1n) is 13.2. The number of hydrogen-bond donors (Lipinski definition) is 1. The molecule has 1 amide bonds. The monoisotopic (exact) mass is 520 g/mol. The third kappa shape index (κ3) is 6.99. The average molecular weight is 521 g/mol. The van der Waals surface area contributed by atoms with Crippen molar-refractivity contribution in [2.24, 2.45) is 0 Å². The molecule has 0 spiro atoms. The van der Waals surface area contributed by atoms with E-state index in [1.807, 2.05) is 66.4 Å². The molecule has 1 aliphatic heterocycles. The Labute approximate surface area is 223 Å². The van der Waals surface area contributed by atoms with Crippen molar-refractivity contribution in [3.8, 4) is 5.75 Å². The van der Waals surface area contributed by atoms with Gasteiger partial charge in [-0.1, -0.05) is 42.5 Å². The maximum Gasteiger partial charge on any atom is 0.237 e. The lowest BCUT2D eigenvalue weighted by atomic mass is 10.0. The number of amides is 1. The van der Waals surface area contributed by atoms with E-state index in [-0.39, 0.29) is 18.6 Å². The number of benzene rings is 2. The molecule has 3 aromatic rings. The highest BCUT2D eigenvalue weighted by atomic mass is 32.1. The van der Waals surface area contributed by atoms with Gasteiger partial charge in [-0.2, -0.15) is 0 Å². The van der Waals surface area contributed by atoms with Gasteiger partial charge in [-0.25, -0.2) is 0 Å². The maximum atomic E-state index is 13.6. The second-order valence-electron chi connectivity index (χ2n) is 10.1. The summed E-state index contributed by atoms with van der Waals surface area (Å²) in [6.45, 7) is 4.64. The molecule has 0 radical (unpaired) electrons. The van der Waals surface area contributed by atoms with Crippen LogP contribution in [-0.2, 0) is 22.6 Å². The van der Waals surface area contributed by atoms with E-state index in [9.17, 15) is 9.90 Å². The number of thiophene rings is 1. The van der Waals surface area contributed by atoms with Gasteiger partial charge in [0.25, 0.3) is 0 Å². The molecule has 196 valence electrons. The van der Waals surface area contributed by atoms with E-state index in [1.165, 1.54) is 10.4 Å². The molecule has 37 heavy (non-hydrogen) atoms. The number of fused-ring (bicyclic) bond motifs is 1. The number of aryl methyl sites for hydroxylation is 1. The second kappa shape index (κ2) is 12.2. The third-order valence-electron chi connectivity index (χ3n) is 7.08. The van der Waals surface area contributed by atoms with E-state index in [0.717, 1.165) is 36.1 Å². The van der Waals surface area contributed by atoms with Gasteiger partial charge >= 0.3 is 0 Å². The van der Waals surface area contributed by atoms with Gasteiger partial charge < -0.3 is 19.5 Å². The molecule has 2 aliphatic rings. The smallest absolute Gasteiger partial charge is 0.237 e. The Morgan fingerprint density at radius 2 is 2.00 bits per heavy atom. The molecule has 0 saturated heterocycles. The fourth-order valence-corrected chi connectivity index (χ4v) is 5.94. The zero-order chi connectivity index (χ0) is 25.6. The van der Waals surface area contributed by atoms with Crippen molar-refractivity contribution in [3.63, 3.8) is 0 Å². The highest BCUT2D eigenvalue weighted by molar-refractivity contribution is 7.10. The topological polar surface area (TPSA) is 62.2 Å². The van der Waals surface area contributed by atoms with Crippen molar-refractivity contribution in [1.82, 2.24) is 9.80 Å².